The Morgan fingerprint density at radius 1 is 1.32 bits per heavy atom. The first-order valence-corrected chi connectivity index (χ1v) is 7.14. The fourth-order valence-electron chi connectivity index (χ4n) is 1.58. The lowest BCUT2D eigenvalue weighted by molar-refractivity contribution is 0.472. The predicted octanol–water partition coefficient (Wildman–Crippen LogP) is 4.40. The van der Waals surface area contributed by atoms with E-state index in [4.69, 9.17) is 16.3 Å². The highest BCUT2D eigenvalue weighted by atomic mass is 79.9. The molecule has 1 N–H and O–H groups in total. The van der Waals surface area contributed by atoms with Gasteiger partial charge in [0, 0.05) is 29.0 Å². The first kappa shape index (κ1) is 14.3. The zero-order valence-corrected chi connectivity index (χ0v) is 12.8. The summed E-state index contributed by atoms with van der Waals surface area (Å²) in [7, 11) is 0. The summed E-state index contributed by atoms with van der Waals surface area (Å²) >= 11 is 9.53. The Kier molecular flexibility index (Phi) is 5.19. The maximum atomic E-state index is 6.13. The van der Waals surface area contributed by atoms with Gasteiger partial charge in [-0.25, -0.2) is 0 Å². The van der Waals surface area contributed by atoms with Gasteiger partial charge in [-0.3, -0.25) is 4.98 Å². The van der Waals surface area contributed by atoms with E-state index in [9.17, 15) is 0 Å². The van der Waals surface area contributed by atoms with Crippen LogP contribution in [-0.2, 0) is 6.54 Å². The summed E-state index contributed by atoms with van der Waals surface area (Å²) in [4.78, 5) is 4.12. The molecular weight excluding hydrogens is 328 g/mol. The van der Waals surface area contributed by atoms with Crippen molar-refractivity contribution in [3.63, 3.8) is 0 Å². The molecule has 5 heteroatoms. The minimum Gasteiger partial charge on any atom is -0.455 e. The van der Waals surface area contributed by atoms with Crippen molar-refractivity contribution in [2.24, 2.45) is 0 Å². The van der Waals surface area contributed by atoms with E-state index in [0.717, 1.165) is 22.3 Å². The average Bonchev–Trinajstić information content (AvgIpc) is 2.42. The number of nitrogens with one attached hydrogen (secondary N) is 1. The van der Waals surface area contributed by atoms with Gasteiger partial charge in [0.1, 0.15) is 11.5 Å². The molecule has 0 amide bonds. The molecule has 0 saturated carbocycles. The standard InChI is InChI=1S/C14H14BrClN2O/c1-2-17-8-10-9-18-6-5-13(10)19-14-7-11(15)3-4-12(14)16/h3-7,9,17H,2,8H2,1H3. The molecule has 100 valence electrons. The highest BCUT2D eigenvalue weighted by Crippen LogP contribution is 2.33. The minimum atomic E-state index is 0.578. The van der Waals surface area contributed by atoms with Crippen LogP contribution in [0.1, 0.15) is 12.5 Å². The second kappa shape index (κ2) is 6.89. The molecule has 2 rings (SSSR count). The quantitative estimate of drug-likeness (QED) is 0.875. The van der Waals surface area contributed by atoms with E-state index in [2.05, 4.69) is 33.2 Å². The molecule has 0 aliphatic carbocycles. The molecule has 1 aromatic carbocycles. The number of benzene rings is 1. The van der Waals surface area contributed by atoms with Crippen LogP contribution >= 0.6 is 27.5 Å². The van der Waals surface area contributed by atoms with Crippen molar-refractivity contribution >= 4 is 27.5 Å². The van der Waals surface area contributed by atoms with Crippen molar-refractivity contribution < 1.29 is 4.74 Å². The maximum Gasteiger partial charge on any atom is 0.147 e. The highest BCUT2D eigenvalue weighted by Gasteiger charge is 2.08. The molecule has 0 atom stereocenters. The Morgan fingerprint density at radius 2 is 2.16 bits per heavy atom. The molecular formula is C14H14BrClN2O. The molecule has 0 spiro atoms. The SMILES string of the molecule is CCNCc1cnccc1Oc1cc(Br)ccc1Cl. The fraction of sp³-hybridized carbons (Fsp3) is 0.214. The lowest BCUT2D eigenvalue weighted by Crippen LogP contribution is -2.12. The van der Waals surface area contributed by atoms with Gasteiger partial charge in [0.25, 0.3) is 0 Å². The van der Waals surface area contributed by atoms with Gasteiger partial charge in [0.05, 0.1) is 5.02 Å². The summed E-state index contributed by atoms with van der Waals surface area (Å²) in [5, 5.41) is 3.83. The van der Waals surface area contributed by atoms with Crippen molar-refractivity contribution in [2.75, 3.05) is 6.54 Å². The summed E-state index contributed by atoms with van der Waals surface area (Å²) in [6, 6.07) is 7.36. The minimum absolute atomic E-state index is 0.578. The zero-order valence-electron chi connectivity index (χ0n) is 10.5. The van der Waals surface area contributed by atoms with Gasteiger partial charge < -0.3 is 10.1 Å². The van der Waals surface area contributed by atoms with Gasteiger partial charge in [0.15, 0.2) is 0 Å². The van der Waals surface area contributed by atoms with E-state index in [-0.39, 0.29) is 0 Å². The van der Waals surface area contributed by atoms with E-state index < -0.39 is 0 Å². The van der Waals surface area contributed by atoms with Crippen molar-refractivity contribution in [3.8, 4) is 11.5 Å². The number of nitrogens with zero attached hydrogens (tertiary/aromatic N) is 1. The van der Waals surface area contributed by atoms with Gasteiger partial charge in [0.2, 0.25) is 0 Å². The number of aromatic nitrogens is 1. The van der Waals surface area contributed by atoms with Gasteiger partial charge in [-0.15, -0.1) is 0 Å². The summed E-state index contributed by atoms with van der Waals surface area (Å²) in [5.74, 6) is 1.39. The van der Waals surface area contributed by atoms with Crippen LogP contribution in [0.4, 0.5) is 0 Å². The number of rotatable bonds is 5. The van der Waals surface area contributed by atoms with Crippen LogP contribution in [0.15, 0.2) is 41.1 Å². The maximum absolute atomic E-state index is 6.13. The zero-order chi connectivity index (χ0) is 13.7. The molecule has 0 aliphatic heterocycles. The first-order chi connectivity index (χ1) is 9.20. The van der Waals surface area contributed by atoms with E-state index in [0.29, 0.717) is 17.3 Å². The molecule has 0 saturated heterocycles. The first-order valence-electron chi connectivity index (χ1n) is 5.97. The Labute approximate surface area is 126 Å². The average molecular weight is 342 g/mol. The molecule has 0 bridgehead atoms. The van der Waals surface area contributed by atoms with Crippen LogP contribution in [0, 0.1) is 0 Å². The molecule has 0 unspecified atom stereocenters. The third kappa shape index (κ3) is 3.93. The summed E-state index contributed by atoms with van der Waals surface area (Å²) < 4.78 is 6.80. The van der Waals surface area contributed by atoms with Crippen molar-refractivity contribution in [1.29, 1.82) is 0 Å². The summed E-state index contributed by atoms with van der Waals surface area (Å²) in [6.45, 7) is 3.67. The molecule has 3 nitrogen and oxygen atoms in total. The van der Waals surface area contributed by atoms with Crippen molar-refractivity contribution in [3.05, 3.63) is 51.7 Å². The molecule has 0 aliphatic rings. The Hall–Kier alpha value is -1.10. The molecule has 0 fully saturated rings. The second-order valence-electron chi connectivity index (χ2n) is 3.94. The van der Waals surface area contributed by atoms with Crippen molar-refractivity contribution in [1.82, 2.24) is 10.3 Å². The predicted molar refractivity (Wildman–Crippen MR) is 80.8 cm³/mol. The lowest BCUT2D eigenvalue weighted by Gasteiger charge is -2.12. The van der Waals surface area contributed by atoms with E-state index in [1.807, 2.05) is 18.2 Å². The van der Waals surface area contributed by atoms with E-state index in [1.54, 1.807) is 18.5 Å². The highest BCUT2D eigenvalue weighted by molar-refractivity contribution is 9.10. The molecule has 0 radical (unpaired) electrons. The third-order valence-corrected chi connectivity index (χ3v) is 3.34. The normalized spacial score (nSPS) is 10.5. The van der Waals surface area contributed by atoms with Gasteiger partial charge in [-0.1, -0.05) is 34.5 Å². The van der Waals surface area contributed by atoms with Crippen LogP contribution in [0.5, 0.6) is 11.5 Å². The fourth-order valence-corrected chi connectivity index (χ4v) is 2.08. The van der Waals surface area contributed by atoms with Crippen LogP contribution in [0.2, 0.25) is 5.02 Å². The lowest BCUT2D eigenvalue weighted by atomic mass is 10.2. The Morgan fingerprint density at radius 3 is 2.95 bits per heavy atom. The van der Waals surface area contributed by atoms with Crippen LogP contribution in [0.3, 0.4) is 0 Å². The Balaban J connectivity index is 2.25. The number of ether oxygens (including phenoxy) is 1. The van der Waals surface area contributed by atoms with Crippen molar-refractivity contribution in [2.45, 2.75) is 13.5 Å². The monoisotopic (exact) mass is 340 g/mol. The topological polar surface area (TPSA) is 34.2 Å². The summed E-state index contributed by atoms with van der Waals surface area (Å²) in [5.41, 5.74) is 1.00. The van der Waals surface area contributed by atoms with Crippen LogP contribution < -0.4 is 10.1 Å². The molecule has 1 heterocycles. The third-order valence-electron chi connectivity index (χ3n) is 2.54. The number of hydrogen-bond donors (Lipinski definition) is 1. The van der Waals surface area contributed by atoms with Gasteiger partial charge in [-0.05, 0) is 30.8 Å². The largest absolute Gasteiger partial charge is 0.455 e. The molecule has 1 aromatic heterocycles. The number of pyridine rings is 1. The van der Waals surface area contributed by atoms with Crippen LogP contribution in [0.25, 0.3) is 0 Å². The summed E-state index contributed by atoms with van der Waals surface area (Å²) in [6.07, 6.45) is 3.50. The molecule has 2 aromatic rings. The Bertz CT molecular complexity index is 563. The van der Waals surface area contributed by atoms with Crippen LogP contribution in [-0.4, -0.2) is 11.5 Å². The van der Waals surface area contributed by atoms with E-state index >= 15 is 0 Å². The van der Waals surface area contributed by atoms with Gasteiger partial charge in [-0.2, -0.15) is 0 Å². The number of halogens is 2. The number of hydrogen-bond acceptors (Lipinski definition) is 3. The second-order valence-corrected chi connectivity index (χ2v) is 5.26. The van der Waals surface area contributed by atoms with E-state index in [1.165, 1.54) is 0 Å². The molecule has 19 heavy (non-hydrogen) atoms. The van der Waals surface area contributed by atoms with Gasteiger partial charge >= 0.3 is 0 Å². The smallest absolute Gasteiger partial charge is 0.147 e.